The number of aryl methyl sites for hydroxylation is 3. The fourth-order valence-corrected chi connectivity index (χ4v) is 6.16. The number of carbonyl (C=O) groups excluding carboxylic acids is 1. The zero-order valence-corrected chi connectivity index (χ0v) is 26.8. The third kappa shape index (κ3) is 6.08. The van der Waals surface area contributed by atoms with Crippen molar-refractivity contribution in [2.75, 3.05) is 50.4 Å². The summed E-state index contributed by atoms with van der Waals surface area (Å²) >= 11 is 3.67. The molecule has 1 aliphatic heterocycles. The maximum atomic E-state index is 12.9. The second-order valence-electron chi connectivity index (χ2n) is 11.5. The van der Waals surface area contributed by atoms with Gasteiger partial charge in [-0.15, -0.1) is 0 Å². The van der Waals surface area contributed by atoms with E-state index in [2.05, 4.69) is 116 Å². The van der Waals surface area contributed by atoms with Gasteiger partial charge in [-0.1, -0.05) is 18.2 Å². The van der Waals surface area contributed by atoms with E-state index in [1.807, 2.05) is 18.2 Å². The molecule has 5 aromatic rings. The third-order valence-electron chi connectivity index (χ3n) is 8.14. The molecule has 0 saturated carbocycles. The number of nitrogens with one attached hydrogen (secondary N) is 3. The first kappa shape index (κ1) is 29.1. The first-order chi connectivity index (χ1) is 20.7. The summed E-state index contributed by atoms with van der Waals surface area (Å²) in [5, 5.41) is 6.65. The van der Waals surface area contributed by atoms with E-state index in [-0.39, 0.29) is 5.91 Å². The van der Waals surface area contributed by atoms with E-state index in [1.165, 1.54) is 5.56 Å². The Bertz CT molecular complexity index is 1820. The molecule has 222 valence electrons. The summed E-state index contributed by atoms with van der Waals surface area (Å²) < 4.78 is 3.08. The molecular formula is C33H37BrN8O. The first-order valence-electron chi connectivity index (χ1n) is 14.6. The molecule has 2 aromatic carbocycles. The number of imidazole rings is 1. The van der Waals surface area contributed by atoms with Gasteiger partial charge in [-0.2, -0.15) is 0 Å². The number of rotatable bonds is 7. The second kappa shape index (κ2) is 11.9. The molecule has 10 heteroatoms. The number of aromatic nitrogens is 4. The zero-order valence-electron chi connectivity index (χ0n) is 25.3. The van der Waals surface area contributed by atoms with Crippen molar-refractivity contribution >= 4 is 50.1 Å². The average molecular weight is 642 g/mol. The summed E-state index contributed by atoms with van der Waals surface area (Å²) in [6, 6.07) is 16.5. The number of fused-ring (bicyclic) bond motifs is 1. The van der Waals surface area contributed by atoms with Gasteiger partial charge < -0.3 is 25.1 Å². The van der Waals surface area contributed by atoms with Gasteiger partial charge in [-0.3, -0.25) is 9.69 Å². The van der Waals surface area contributed by atoms with Crippen LogP contribution in [0.4, 0.5) is 17.1 Å². The summed E-state index contributed by atoms with van der Waals surface area (Å²) in [5.74, 6) is 0.763. The predicted octanol–water partition coefficient (Wildman–Crippen LogP) is 6.34. The van der Waals surface area contributed by atoms with Crippen molar-refractivity contribution in [3.8, 4) is 17.1 Å². The molecule has 0 spiro atoms. The minimum atomic E-state index is 0.0111. The van der Waals surface area contributed by atoms with Crippen molar-refractivity contribution in [1.29, 1.82) is 0 Å². The fraction of sp³-hybridized carbons (Fsp3) is 0.303. The minimum absolute atomic E-state index is 0.0111. The minimum Gasteiger partial charge on any atom is -0.353 e. The highest BCUT2D eigenvalue weighted by Gasteiger charge is 2.20. The SMILES string of the molecule is Cc1cccc(Nc2c(Br)cnc3nc(-c4cc(C)n(-c5cc(NC(=O)CN6CCN(C)CC6)ccc5C)c4C)[nH]c23)c1. The molecule has 0 atom stereocenters. The molecule has 1 aliphatic rings. The van der Waals surface area contributed by atoms with Crippen LogP contribution in [0.15, 0.2) is 59.2 Å². The number of H-pyrrole nitrogens is 1. The number of anilines is 3. The molecule has 3 aromatic heterocycles. The zero-order chi connectivity index (χ0) is 30.2. The Hall–Kier alpha value is -3.99. The Morgan fingerprint density at radius 1 is 1.00 bits per heavy atom. The van der Waals surface area contributed by atoms with E-state index in [4.69, 9.17) is 4.98 Å². The molecule has 43 heavy (non-hydrogen) atoms. The molecule has 3 N–H and O–H groups in total. The summed E-state index contributed by atoms with van der Waals surface area (Å²) in [7, 11) is 2.12. The smallest absolute Gasteiger partial charge is 0.238 e. The number of nitrogens with zero attached hydrogens (tertiary/aromatic N) is 5. The standard InChI is InChI=1S/C33H37BrN8O/c1-20-7-6-8-24(15-20)37-30-27(34)18-35-33-31(30)38-32(39-33)26-16-22(3)42(23(26)4)28-17-25(10-9-21(28)2)36-29(43)19-41-13-11-40(5)12-14-41/h6-10,15-18H,11-14,19H2,1-5H3,(H,36,43)(H2,35,37,38,39). The highest BCUT2D eigenvalue weighted by Crippen LogP contribution is 2.35. The van der Waals surface area contributed by atoms with Crippen LogP contribution in [0.25, 0.3) is 28.2 Å². The highest BCUT2D eigenvalue weighted by atomic mass is 79.9. The molecular weight excluding hydrogens is 604 g/mol. The number of benzene rings is 2. The van der Waals surface area contributed by atoms with Gasteiger partial charge in [0.1, 0.15) is 11.3 Å². The van der Waals surface area contributed by atoms with Gasteiger partial charge in [0.15, 0.2) is 5.65 Å². The Kier molecular flexibility index (Phi) is 8.09. The van der Waals surface area contributed by atoms with Crippen LogP contribution in [-0.2, 0) is 4.79 Å². The summed E-state index contributed by atoms with van der Waals surface area (Å²) in [5.41, 5.74) is 10.6. The summed E-state index contributed by atoms with van der Waals surface area (Å²) in [6.07, 6.45) is 1.78. The molecule has 6 rings (SSSR count). The van der Waals surface area contributed by atoms with Gasteiger partial charge in [-0.25, -0.2) is 9.97 Å². The van der Waals surface area contributed by atoms with Gasteiger partial charge >= 0.3 is 0 Å². The molecule has 0 bridgehead atoms. The quantitative estimate of drug-likeness (QED) is 0.192. The lowest BCUT2D eigenvalue weighted by atomic mass is 10.1. The number of halogens is 1. The molecule has 9 nitrogen and oxygen atoms in total. The van der Waals surface area contributed by atoms with Crippen LogP contribution in [0.3, 0.4) is 0 Å². The molecule has 1 saturated heterocycles. The average Bonchev–Trinajstić information content (AvgIpc) is 3.53. The number of aromatic amines is 1. The maximum absolute atomic E-state index is 12.9. The van der Waals surface area contributed by atoms with Gasteiger partial charge in [0, 0.05) is 60.7 Å². The van der Waals surface area contributed by atoms with E-state index >= 15 is 0 Å². The number of hydrogen-bond acceptors (Lipinski definition) is 6. The Morgan fingerprint density at radius 3 is 2.56 bits per heavy atom. The molecule has 0 aliphatic carbocycles. The molecule has 4 heterocycles. The number of amides is 1. The molecule has 1 amide bonds. The van der Waals surface area contributed by atoms with Gasteiger partial charge in [0.05, 0.1) is 22.4 Å². The van der Waals surface area contributed by atoms with Crippen molar-refractivity contribution in [3.05, 3.63) is 81.7 Å². The third-order valence-corrected chi connectivity index (χ3v) is 8.75. The topological polar surface area (TPSA) is 94.1 Å². The molecule has 0 unspecified atom stereocenters. The van der Waals surface area contributed by atoms with Crippen LogP contribution in [0.1, 0.15) is 22.5 Å². The largest absolute Gasteiger partial charge is 0.353 e. The molecule has 1 fully saturated rings. The van der Waals surface area contributed by atoms with E-state index in [0.29, 0.717) is 12.2 Å². The van der Waals surface area contributed by atoms with Gasteiger partial charge in [-0.05, 0) is 92.1 Å². The summed E-state index contributed by atoms with van der Waals surface area (Å²) in [6.45, 7) is 12.6. The van der Waals surface area contributed by atoms with Crippen LogP contribution in [0, 0.1) is 27.7 Å². The lowest BCUT2D eigenvalue weighted by Crippen LogP contribution is -2.47. The van der Waals surface area contributed by atoms with Crippen LogP contribution in [0.5, 0.6) is 0 Å². The van der Waals surface area contributed by atoms with E-state index in [0.717, 1.165) is 87.3 Å². The van der Waals surface area contributed by atoms with Crippen molar-refractivity contribution in [3.63, 3.8) is 0 Å². The lowest BCUT2D eigenvalue weighted by Gasteiger charge is -2.31. The lowest BCUT2D eigenvalue weighted by molar-refractivity contribution is -0.117. The van der Waals surface area contributed by atoms with Crippen molar-refractivity contribution in [2.45, 2.75) is 27.7 Å². The Balaban J connectivity index is 1.29. The van der Waals surface area contributed by atoms with E-state index in [1.54, 1.807) is 6.20 Å². The van der Waals surface area contributed by atoms with Crippen LogP contribution >= 0.6 is 15.9 Å². The number of piperazine rings is 1. The van der Waals surface area contributed by atoms with Gasteiger partial charge in [0.25, 0.3) is 0 Å². The Morgan fingerprint density at radius 2 is 1.79 bits per heavy atom. The van der Waals surface area contributed by atoms with Crippen LogP contribution < -0.4 is 10.6 Å². The number of pyridine rings is 1. The van der Waals surface area contributed by atoms with Crippen LogP contribution in [-0.4, -0.2) is 75.0 Å². The first-order valence-corrected chi connectivity index (χ1v) is 15.3. The number of likely N-dealkylation sites (N-methyl/N-ethyl adjacent to an activating group) is 1. The van der Waals surface area contributed by atoms with Crippen molar-refractivity contribution in [2.24, 2.45) is 0 Å². The number of carbonyl (C=O) groups is 1. The summed E-state index contributed by atoms with van der Waals surface area (Å²) in [4.78, 5) is 30.4. The monoisotopic (exact) mass is 640 g/mol. The van der Waals surface area contributed by atoms with E-state index < -0.39 is 0 Å². The normalized spacial score (nSPS) is 14.4. The maximum Gasteiger partial charge on any atom is 0.238 e. The van der Waals surface area contributed by atoms with Crippen molar-refractivity contribution < 1.29 is 4.79 Å². The highest BCUT2D eigenvalue weighted by molar-refractivity contribution is 9.10. The van der Waals surface area contributed by atoms with Gasteiger partial charge in [0.2, 0.25) is 5.91 Å². The Labute approximate surface area is 260 Å². The second-order valence-corrected chi connectivity index (χ2v) is 12.4. The van der Waals surface area contributed by atoms with E-state index in [9.17, 15) is 4.79 Å². The number of hydrogen-bond donors (Lipinski definition) is 3. The fourth-order valence-electron chi connectivity index (χ4n) is 5.76. The van der Waals surface area contributed by atoms with Crippen molar-refractivity contribution in [1.82, 2.24) is 29.3 Å². The predicted molar refractivity (Wildman–Crippen MR) is 178 cm³/mol. The molecule has 0 radical (unpaired) electrons. The van der Waals surface area contributed by atoms with Crippen LogP contribution in [0.2, 0.25) is 0 Å².